The van der Waals surface area contributed by atoms with E-state index in [4.69, 9.17) is 4.74 Å². The molecule has 4 heteroatoms. The third-order valence-corrected chi connectivity index (χ3v) is 6.13. The van der Waals surface area contributed by atoms with Crippen LogP contribution in [-0.2, 0) is 17.8 Å². The predicted molar refractivity (Wildman–Crippen MR) is 150 cm³/mol. The van der Waals surface area contributed by atoms with Crippen LogP contribution in [-0.4, -0.2) is 27.1 Å². The van der Waals surface area contributed by atoms with Gasteiger partial charge >= 0.3 is 0 Å². The number of methoxy groups -OCH3 is 1. The second kappa shape index (κ2) is 11.9. The summed E-state index contributed by atoms with van der Waals surface area (Å²) in [5, 5.41) is 3.09. The fraction of sp³-hybridized carbons (Fsp3) is 0.156. The van der Waals surface area contributed by atoms with Crippen molar-refractivity contribution >= 4 is 23.7 Å². The molecule has 0 bridgehead atoms. The molecule has 0 aliphatic carbocycles. The lowest BCUT2D eigenvalue weighted by molar-refractivity contribution is -0.120. The monoisotopic (exact) mass is 476 g/mol. The summed E-state index contributed by atoms with van der Waals surface area (Å²) in [4.78, 5) is 14.7. The van der Waals surface area contributed by atoms with Gasteiger partial charge in [-0.1, -0.05) is 84.9 Å². The second-order valence-electron chi connectivity index (χ2n) is 8.87. The molecule has 0 saturated heterocycles. The van der Waals surface area contributed by atoms with Crippen molar-refractivity contribution in [3.63, 3.8) is 0 Å². The third-order valence-electron chi connectivity index (χ3n) is 6.13. The van der Waals surface area contributed by atoms with Gasteiger partial charge < -0.3 is 15.0 Å². The molecule has 182 valence electrons. The summed E-state index contributed by atoms with van der Waals surface area (Å²) in [6, 6.07) is 32.7. The van der Waals surface area contributed by atoms with Crippen LogP contribution in [0.5, 0.6) is 5.75 Å². The Hall–Kier alpha value is -4.31. The largest absolute Gasteiger partial charge is 0.497 e. The van der Waals surface area contributed by atoms with E-state index in [1.165, 1.54) is 5.69 Å². The number of hydrogen-bond donors (Lipinski definition) is 1. The van der Waals surface area contributed by atoms with Crippen LogP contribution in [0.25, 0.3) is 23.3 Å². The summed E-state index contributed by atoms with van der Waals surface area (Å²) < 4.78 is 5.19. The summed E-state index contributed by atoms with van der Waals surface area (Å²) in [5.74, 6) is 0.774. The van der Waals surface area contributed by atoms with Gasteiger partial charge in [-0.25, -0.2) is 0 Å². The lowest BCUT2D eigenvalue weighted by Crippen LogP contribution is -2.24. The number of nitrogens with zero attached hydrogens (tertiary/aromatic N) is 1. The zero-order chi connectivity index (χ0) is 25.3. The highest BCUT2D eigenvalue weighted by Gasteiger charge is 2.10. The van der Waals surface area contributed by atoms with E-state index in [2.05, 4.69) is 83.0 Å². The normalized spacial score (nSPS) is 10.9. The van der Waals surface area contributed by atoms with E-state index < -0.39 is 0 Å². The minimum absolute atomic E-state index is 0.00989. The number of carbonyl (C=O) groups is 1. The van der Waals surface area contributed by atoms with Gasteiger partial charge in [-0.2, -0.15) is 0 Å². The van der Waals surface area contributed by atoms with Crippen LogP contribution in [0.3, 0.4) is 0 Å². The van der Waals surface area contributed by atoms with E-state index in [-0.39, 0.29) is 5.91 Å². The van der Waals surface area contributed by atoms with Gasteiger partial charge in [0.25, 0.3) is 0 Å². The first-order valence-corrected chi connectivity index (χ1v) is 12.1. The Morgan fingerprint density at radius 2 is 1.47 bits per heavy atom. The third kappa shape index (κ3) is 6.42. The van der Waals surface area contributed by atoms with Gasteiger partial charge in [-0.3, -0.25) is 4.79 Å². The molecular formula is C32H32N2O2. The molecular weight excluding hydrogens is 444 g/mol. The van der Waals surface area contributed by atoms with Crippen LogP contribution in [0, 0.1) is 0 Å². The lowest BCUT2D eigenvalue weighted by atomic mass is 9.94. The van der Waals surface area contributed by atoms with Crippen molar-refractivity contribution in [2.24, 2.45) is 0 Å². The van der Waals surface area contributed by atoms with Crippen molar-refractivity contribution in [2.75, 3.05) is 26.1 Å². The zero-order valence-electron chi connectivity index (χ0n) is 21.1. The lowest BCUT2D eigenvalue weighted by Gasteiger charge is -2.14. The smallest absolute Gasteiger partial charge is 0.224 e. The highest BCUT2D eigenvalue weighted by atomic mass is 16.5. The SMILES string of the molecule is COc1ccc(CC(=O)NCc2ccccc2-c2ccccc2/C=C/c2ccc(N(C)C)cc2)cc1. The number of benzene rings is 4. The summed E-state index contributed by atoms with van der Waals surface area (Å²) >= 11 is 0. The number of amides is 1. The Kier molecular flexibility index (Phi) is 8.20. The molecule has 4 nitrogen and oxygen atoms in total. The van der Waals surface area contributed by atoms with Crippen molar-refractivity contribution in [3.05, 3.63) is 119 Å². The van der Waals surface area contributed by atoms with Gasteiger partial charge in [0.2, 0.25) is 5.91 Å². The molecule has 0 aliphatic rings. The Morgan fingerprint density at radius 3 is 2.17 bits per heavy atom. The van der Waals surface area contributed by atoms with Crippen molar-refractivity contribution in [1.29, 1.82) is 0 Å². The van der Waals surface area contributed by atoms with Gasteiger partial charge in [0.1, 0.15) is 5.75 Å². The Balaban J connectivity index is 1.49. The molecule has 0 aliphatic heterocycles. The van der Waals surface area contributed by atoms with Crippen molar-refractivity contribution in [2.45, 2.75) is 13.0 Å². The molecule has 0 saturated carbocycles. The molecule has 1 amide bonds. The second-order valence-corrected chi connectivity index (χ2v) is 8.87. The summed E-state index contributed by atoms with van der Waals surface area (Å²) in [6.45, 7) is 0.467. The number of rotatable bonds is 9. The molecule has 1 N–H and O–H groups in total. The van der Waals surface area contributed by atoms with Crippen LogP contribution < -0.4 is 15.0 Å². The van der Waals surface area contributed by atoms with Gasteiger partial charge in [0.15, 0.2) is 0 Å². The van der Waals surface area contributed by atoms with Gasteiger partial charge in [0.05, 0.1) is 13.5 Å². The average Bonchev–Trinajstić information content (AvgIpc) is 2.92. The first kappa shape index (κ1) is 24.8. The molecule has 4 aromatic rings. The van der Waals surface area contributed by atoms with E-state index in [0.29, 0.717) is 13.0 Å². The van der Waals surface area contributed by atoms with Crippen molar-refractivity contribution in [3.8, 4) is 16.9 Å². The van der Waals surface area contributed by atoms with Gasteiger partial charge in [-0.15, -0.1) is 0 Å². The maximum absolute atomic E-state index is 12.6. The molecule has 4 aromatic carbocycles. The van der Waals surface area contributed by atoms with Crippen molar-refractivity contribution < 1.29 is 9.53 Å². The molecule has 0 atom stereocenters. The molecule has 4 rings (SSSR count). The number of carbonyl (C=O) groups excluding carboxylic acids is 1. The Morgan fingerprint density at radius 1 is 0.806 bits per heavy atom. The maximum Gasteiger partial charge on any atom is 0.224 e. The van der Waals surface area contributed by atoms with Crippen LogP contribution in [0.1, 0.15) is 22.3 Å². The molecule has 0 spiro atoms. The van der Waals surface area contributed by atoms with E-state index in [9.17, 15) is 4.79 Å². The first-order valence-electron chi connectivity index (χ1n) is 12.1. The van der Waals surface area contributed by atoms with Crippen LogP contribution >= 0.6 is 0 Å². The molecule has 0 radical (unpaired) electrons. The van der Waals surface area contributed by atoms with E-state index in [1.807, 2.05) is 50.5 Å². The molecule has 0 unspecified atom stereocenters. The fourth-order valence-electron chi connectivity index (χ4n) is 4.08. The summed E-state index contributed by atoms with van der Waals surface area (Å²) in [6.07, 6.45) is 4.62. The zero-order valence-corrected chi connectivity index (χ0v) is 21.1. The minimum Gasteiger partial charge on any atom is -0.497 e. The number of anilines is 1. The van der Waals surface area contributed by atoms with Crippen molar-refractivity contribution in [1.82, 2.24) is 5.32 Å². The summed E-state index contributed by atoms with van der Waals surface area (Å²) in [5.41, 5.74) is 7.74. The number of ether oxygens (including phenoxy) is 1. The highest BCUT2D eigenvalue weighted by molar-refractivity contribution is 5.83. The highest BCUT2D eigenvalue weighted by Crippen LogP contribution is 2.29. The molecule has 36 heavy (non-hydrogen) atoms. The topological polar surface area (TPSA) is 41.6 Å². The number of hydrogen-bond acceptors (Lipinski definition) is 3. The summed E-state index contributed by atoms with van der Waals surface area (Å²) in [7, 11) is 5.72. The predicted octanol–water partition coefficient (Wildman–Crippen LogP) is 6.46. The molecule has 0 heterocycles. The fourth-order valence-corrected chi connectivity index (χ4v) is 4.08. The van der Waals surface area contributed by atoms with Gasteiger partial charge in [-0.05, 0) is 57.6 Å². The van der Waals surface area contributed by atoms with E-state index >= 15 is 0 Å². The minimum atomic E-state index is -0.00989. The Bertz CT molecular complexity index is 1320. The molecule has 0 aromatic heterocycles. The quantitative estimate of drug-likeness (QED) is 0.282. The van der Waals surface area contributed by atoms with Gasteiger partial charge in [0, 0.05) is 26.3 Å². The van der Waals surface area contributed by atoms with Crippen LogP contribution in [0.2, 0.25) is 0 Å². The Labute approximate surface area is 213 Å². The standard InChI is InChI=1S/C32H32N2O2/c1-34(2)28-18-13-24(14-19-28)12-17-26-8-4-6-10-30(26)31-11-7-5-9-27(31)23-33-32(35)22-25-15-20-29(36-3)21-16-25/h4-21H,22-23H2,1-3H3,(H,33,35)/b17-12+. The van der Waals surface area contributed by atoms with E-state index in [1.54, 1.807) is 7.11 Å². The van der Waals surface area contributed by atoms with Crippen LogP contribution in [0.4, 0.5) is 5.69 Å². The maximum atomic E-state index is 12.6. The number of nitrogens with one attached hydrogen (secondary N) is 1. The van der Waals surface area contributed by atoms with Crippen LogP contribution in [0.15, 0.2) is 97.1 Å². The first-order chi connectivity index (χ1) is 17.5. The van der Waals surface area contributed by atoms with E-state index in [0.717, 1.165) is 39.1 Å². The average molecular weight is 477 g/mol. The molecule has 0 fully saturated rings.